The lowest BCUT2D eigenvalue weighted by atomic mass is 10.1. The summed E-state index contributed by atoms with van der Waals surface area (Å²) in [6, 6.07) is 10.6. The highest BCUT2D eigenvalue weighted by molar-refractivity contribution is 7.10. The molecule has 2 aromatic rings. The number of nitrogens with zero attached hydrogens (tertiary/aromatic N) is 2. The van der Waals surface area contributed by atoms with Gasteiger partial charge in [0.25, 0.3) is 0 Å². The zero-order valence-corrected chi connectivity index (χ0v) is 11.0. The SMILES string of the molecule is CC(c1cccs1)N(C)c1ccc(C#N)cc1F. The molecule has 4 heteroatoms. The largest absolute Gasteiger partial charge is 0.365 e. The van der Waals surface area contributed by atoms with Crippen LogP contribution in [0.1, 0.15) is 23.4 Å². The molecule has 92 valence electrons. The maximum absolute atomic E-state index is 13.9. The molecule has 0 N–H and O–H groups in total. The Bertz CT molecular complexity index is 572. The predicted octanol–water partition coefficient (Wildman–Crippen LogP) is 3.96. The summed E-state index contributed by atoms with van der Waals surface area (Å²) in [5.74, 6) is -0.361. The molecule has 0 aliphatic carbocycles. The summed E-state index contributed by atoms with van der Waals surface area (Å²) in [7, 11) is 1.86. The number of halogens is 1. The topological polar surface area (TPSA) is 27.0 Å². The van der Waals surface area contributed by atoms with Crippen molar-refractivity contribution in [2.45, 2.75) is 13.0 Å². The van der Waals surface area contributed by atoms with Gasteiger partial charge in [0.1, 0.15) is 5.82 Å². The van der Waals surface area contributed by atoms with Crippen LogP contribution in [0.5, 0.6) is 0 Å². The molecule has 18 heavy (non-hydrogen) atoms. The minimum absolute atomic E-state index is 0.104. The fourth-order valence-corrected chi connectivity index (χ4v) is 2.62. The summed E-state index contributed by atoms with van der Waals surface area (Å²) in [6.45, 7) is 2.03. The zero-order chi connectivity index (χ0) is 13.1. The van der Waals surface area contributed by atoms with Crippen LogP contribution in [0.3, 0.4) is 0 Å². The van der Waals surface area contributed by atoms with E-state index >= 15 is 0 Å². The van der Waals surface area contributed by atoms with E-state index in [0.29, 0.717) is 11.3 Å². The Balaban J connectivity index is 2.29. The third-order valence-electron chi connectivity index (χ3n) is 2.99. The minimum atomic E-state index is -0.361. The molecule has 1 atom stereocenters. The van der Waals surface area contributed by atoms with Gasteiger partial charge in [-0.3, -0.25) is 0 Å². The minimum Gasteiger partial charge on any atom is -0.365 e. The zero-order valence-electron chi connectivity index (χ0n) is 10.2. The van der Waals surface area contributed by atoms with Gasteiger partial charge in [-0.15, -0.1) is 11.3 Å². The van der Waals surface area contributed by atoms with Gasteiger partial charge in [-0.1, -0.05) is 6.07 Å². The number of hydrogen-bond donors (Lipinski definition) is 0. The summed E-state index contributed by atoms with van der Waals surface area (Å²) >= 11 is 1.65. The van der Waals surface area contributed by atoms with Crippen LogP contribution in [0.15, 0.2) is 35.7 Å². The van der Waals surface area contributed by atoms with Crippen molar-refractivity contribution in [1.29, 1.82) is 5.26 Å². The van der Waals surface area contributed by atoms with Crippen molar-refractivity contribution in [1.82, 2.24) is 0 Å². The van der Waals surface area contributed by atoms with Crippen molar-refractivity contribution in [2.24, 2.45) is 0 Å². The van der Waals surface area contributed by atoms with Gasteiger partial charge in [0, 0.05) is 11.9 Å². The second-order valence-electron chi connectivity index (χ2n) is 4.08. The second kappa shape index (κ2) is 5.19. The average Bonchev–Trinajstić information content (AvgIpc) is 2.90. The standard InChI is InChI=1S/C14H13FN2S/c1-10(14-4-3-7-18-14)17(2)13-6-5-11(9-16)8-12(13)15/h3-8,10H,1-2H3. The molecule has 1 heterocycles. The number of hydrogen-bond acceptors (Lipinski definition) is 3. The lowest BCUT2D eigenvalue weighted by molar-refractivity contribution is 0.612. The smallest absolute Gasteiger partial charge is 0.147 e. The average molecular weight is 260 g/mol. The van der Waals surface area contributed by atoms with Crippen LogP contribution in [0, 0.1) is 17.1 Å². The highest BCUT2D eigenvalue weighted by Gasteiger charge is 2.16. The van der Waals surface area contributed by atoms with Gasteiger partial charge in [0.15, 0.2) is 0 Å². The Kier molecular flexibility index (Phi) is 3.63. The highest BCUT2D eigenvalue weighted by atomic mass is 32.1. The molecule has 1 aromatic carbocycles. The molecular formula is C14H13FN2S. The molecule has 2 nitrogen and oxygen atoms in total. The molecule has 0 aliphatic rings. The van der Waals surface area contributed by atoms with Gasteiger partial charge in [0.2, 0.25) is 0 Å². The molecule has 0 aliphatic heterocycles. The molecule has 0 spiro atoms. The van der Waals surface area contributed by atoms with Crippen LogP contribution in [-0.4, -0.2) is 7.05 Å². The van der Waals surface area contributed by atoms with Crippen LogP contribution in [0.25, 0.3) is 0 Å². The summed E-state index contributed by atoms with van der Waals surface area (Å²) < 4.78 is 13.9. The number of benzene rings is 1. The quantitative estimate of drug-likeness (QED) is 0.835. The summed E-state index contributed by atoms with van der Waals surface area (Å²) in [5, 5.41) is 10.7. The van der Waals surface area contributed by atoms with E-state index in [-0.39, 0.29) is 11.9 Å². The Morgan fingerprint density at radius 2 is 2.17 bits per heavy atom. The molecule has 0 amide bonds. The molecule has 0 bridgehead atoms. The number of rotatable bonds is 3. The van der Waals surface area contributed by atoms with E-state index in [1.165, 1.54) is 10.9 Å². The van der Waals surface area contributed by atoms with Crippen molar-refractivity contribution in [3.8, 4) is 6.07 Å². The van der Waals surface area contributed by atoms with Crippen LogP contribution in [0.2, 0.25) is 0 Å². The molecule has 0 saturated carbocycles. The van der Waals surface area contributed by atoms with E-state index in [1.54, 1.807) is 23.5 Å². The van der Waals surface area contributed by atoms with E-state index in [2.05, 4.69) is 0 Å². The maximum Gasteiger partial charge on any atom is 0.147 e. The van der Waals surface area contributed by atoms with Gasteiger partial charge < -0.3 is 4.90 Å². The number of anilines is 1. The van der Waals surface area contributed by atoms with E-state index < -0.39 is 0 Å². The van der Waals surface area contributed by atoms with Crippen LogP contribution >= 0.6 is 11.3 Å². The van der Waals surface area contributed by atoms with Crippen LogP contribution in [-0.2, 0) is 0 Å². The van der Waals surface area contributed by atoms with Crippen molar-refractivity contribution in [3.05, 3.63) is 52.0 Å². The summed E-state index contributed by atoms with van der Waals surface area (Å²) in [5.41, 5.74) is 0.850. The fourth-order valence-electron chi connectivity index (χ4n) is 1.79. The molecule has 2 rings (SSSR count). The maximum atomic E-state index is 13.9. The molecular weight excluding hydrogens is 247 g/mol. The number of nitriles is 1. The molecule has 0 radical (unpaired) electrons. The van der Waals surface area contributed by atoms with Gasteiger partial charge in [0.05, 0.1) is 23.4 Å². The highest BCUT2D eigenvalue weighted by Crippen LogP contribution is 2.30. The van der Waals surface area contributed by atoms with Gasteiger partial charge in [-0.2, -0.15) is 5.26 Å². The van der Waals surface area contributed by atoms with Crippen molar-refractivity contribution >= 4 is 17.0 Å². The first-order chi connectivity index (χ1) is 8.63. The Morgan fingerprint density at radius 3 is 2.72 bits per heavy atom. The lowest BCUT2D eigenvalue weighted by Gasteiger charge is -2.26. The molecule has 1 aromatic heterocycles. The Hall–Kier alpha value is -1.86. The van der Waals surface area contributed by atoms with Gasteiger partial charge in [-0.05, 0) is 36.6 Å². The van der Waals surface area contributed by atoms with Gasteiger partial charge in [-0.25, -0.2) is 4.39 Å². The second-order valence-corrected chi connectivity index (χ2v) is 5.06. The summed E-state index contributed by atoms with van der Waals surface area (Å²) in [6.07, 6.45) is 0. The molecule has 0 saturated heterocycles. The lowest BCUT2D eigenvalue weighted by Crippen LogP contribution is -2.21. The first kappa shape index (κ1) is 12.6. The van der Waals surface area contributed by atoms with Crippen molar-refractivity contribution < 1.29 is 4.39 Å². The van der Waals surface area contributed by atoms with Crippen LogP contribution in [0.4, 0.5) is 10.1 Å². The van der Waals surface area contributed by atoms with Crippen LogP contribution < -0.4 is 4.90 Å². The van der Waals surface area contributed by atoms with E-state index in [0.717, 1.165) is 0 Å². The van der Waals surface area contributed by atoms with Crippen molar-refractivity contribution in [2.75, 3.05) is 11.9 Å². The predicted molar refractivity (Wildman–Crippen MR) is 72.3 cm³/mol. The van der Waals surface area contributed by atoms with E-state index in [4.69, 9.17) is 5.26 Å². The van der Waals surface area contributed by atoms with Crippen molar-refractivity contribution in [3.63, 3.8) is 0 Å². The Labute approximate surface area is 110 Å². The monoisotopic (exact) mass is 260 g/mol. The third kappa shape index (κ3) is 2.36. The first-order valence-electron chi connectivity index (χ1n) is 5.59. The summed E-state index contributed by atoms with van der Waals surface area (Å²) in [4.78, 5) is 3.06. The Morgan fingerprint density at radius 1 is 1.39 bits per heavy atom. The third-order valence-corrected chi connectivity index (χ3v) is 4.04. The number of thiophene rings is 1. The fraction of sp³-hybridized carbons (Fsp3) is 0.214. The molecule has 0 fully saturated rings. The normalized spacial score (nSPS) is 11.9. The first-order valence-corrected chi connectivity index (χ1v) is 6.47. The van der Waals surface area contributed by atoms with Gasteiger partial charge >= 0.3 is 0 Å². The molecule has 1 unspecified atom stereocenters. The van der Waals surface area contributed by atoms with E-state index in [1.807, 2.05) is 42.5 Å². The van der Waals surface area contributed by atoms with E-state index in [9.17, 15) is 4.39 Å².